The molecule has 0 bridgehead atoms. The first-order valence-corrected chi connectivity index (χ1v) is 25.1. The fourth-order valence-corrected chi connectivity index (χ4v) is 11.8. The highest BCUT2D eigenvalue weighted by atomic mass is 16.3. The van der Waals surface area contributed by atoms with Crippen LogP contribution in [0, 0.1) is 0 Å². The number of fused-ring (bicyclic) bond motifs is 7. The van der Waals surface area contributed by atoms with Crippen molar-refractivity contribution in [1.29, 1.82) is 0 Å². The van der Waals surface area contributed by atoms with Crippen molar-refractivity contribution in [3.05, 3.63) is 307 Å². The van der Waals surface area contributed by atoms with Gasteiger partial charge < -0.3 is 9.32 Å². The highest BCUT2D eigenvalue weighted by molar-refractivity contribution is 6.09. The van der Waals surface area contributed by atoms with Gasteiger partial charge in [0.15, 0.2) is 0 Å². The average Bonchev–Trinajstić information content (AvgIpc) is 4.01. The molecule has 0 spiro atoms. The first-order valence-electron chi connectivity index (χ1n) is 25.1. The molecule has 0 saturated carbocycles. The third kappa shape index (κ3) is 7.02. The molecule has 1 aliphatic carbocycles. The molecule has 0 radical (unpaired) electrons. The van der Waals surface area contributed by atoms with Crippen molar-refractivity contribution in [3.63, 3.8) is 0 Å². The van der Waals surface area contributed by atoms with Crippen molar-refractivity contribution in [2.45, 2.75) is 5.41 Å². The largest absolute Gasteiger partial charge is 0.455 e. The van der Waals surface area contributed by atoms with E-state index in [-0.39, 0.29) is 0 Å². The summed E-state index contributed by atoms with van der Waals surface area (Å²) in [5, 5.41) is 4.76. The van der Waals surface area contributed by atoms with Gasteiger partial charge in [0.05, 0.1) is 5.41 Å². The topological polar surface area (TPSA) is 16.4 Å². The lowest BCUT2D eigenvalue weighted by atomic mass is 9.67. The van der Waals surface area contributed by atoms with E-state index in [1.54, 1.807) is 0 Å². The quantitative estimate of drug-likeness (QED) is 0.143. The Hall–Kier alpha value is -9.50. The minimum absolute atomic E-state index is 0.464. The fourth-order valence-electron chi connectivity index (χ4n) is 11.8. The van der Waals surface area contributed by atoms with Crippen LogP contribution < -0.4 is 4.90 Å². The van der Waals surface area contributed by atoms with Gasteiger partial charge in [-0.1, -0.05) is 237 Å². The van der Waals surface area contributed by atoms with Crippen LogP contribution in [0.2, 0.25) is 0 Å². The second-order valence-corrected chi connectivity index (χ2v) is 19.2. The monoisotopic (exact) mass is 929 g/mol. The van der Waals surface area contributed by atoms with Gasteiger partial charge in [0.25, 0.3) is 0 Å². The highest BCUT2D eigenvalue weighted by Crippen LogP contribution is 2.58. The molecule has 0 amide bonds. The zero-order chi connectivity index (χ0) is 48.3. The first-order chi connectivity index (χ1) is 36.2. The van der Waals surface area contributed by atoms with Crippen molar-refractivity contribution in [3.8, 4) is 55.6 Å². The number of rotatable bonds is 9. The summed E-state index contributed by atoms with van der Waals surface area (Å²) in [4.78, 5) is 2.36. The molecule has 14 rings (SSSR count). The molecule has 1 aromatic heterocycles. The summed E-state index contributed by atoms with van der Waals surface area (Å²) in [5.41, 5.74) is 21.6. The maximum atomic E-state index is 6.49. The van der Waals surface area contributed by atoms with Gasteiger partial charge in [-0.3, -0.25) is 0 Å². The number of hydrogen-bond donors (Lipinski definition) is 0. The maximum absolute atomic E-state index is 6.49. The van der Waals surface area contributed by atoms with Crippen LogP contribution in [-0.4, -0.2) is 0 Å². The SMILES string of the molecule is c1ccc(C2(c3ccccc3)c3ccccc3-c3c(-c4ccc(N(c5ccc(-c6ccc(-c7ccc8ccccc8c7)cc6)cc5)c5ccc(-c6cccc7c6oc6ccccc67)cc5)cc4)cccc32)cc1. The number of para-hydroxylation sites is 2. The van der Waals surface area contributed by atoms with Crippen LogP contribution in [0.5, 0.6) is 0 Å². The van der Waals surface area contributed by atoms with Crippen molar-refractivity contribution in [1.82, 2.24) is 0 Å². The standard InChI is InChI=1S/C71H47NO/c1-3-17-56(18-4-1)71(57-19-5-2-6-20-57)66-26-11-9-22-65(66)69-61(23-14-27-67(69)71)52-37-43-59(44-38-52)72(60-45-39-53(40-46-60)62-24-13-25-64-63-21-10-12-28-68(63)73-70(62)64)58-41-35-50(36-42-58)49-29-31-51(32-30-49)55-34-33-48-15-7-8-16-54(48)47-55/h1-47H. The number of benzene rings is 12. The molecular weight excluding hydrogens is 883 g/mol. The van der Waals surface area contributed by atoms with Crippen LogP contribution in [-0.2, 0) is 5.41 Å². The van der Waals surface area contributed by atoms with Crippen LogP contribution in [0.15, 0.2) is 290 Å². The van der Waals surface area contributed by atoms with E-state index in [0.717, 1.165) is 50.1 Å². The van der Waals surface area contributed by atoms with E-state index >= 15 is 0 Å². The molecule has 0 fully saturated rings. The highest BCUT2D eigenvalue weighted by Gasteiger charge is 2.46. The molecule has 0 aliphatic heterocycles. The molecule has 0 unspecified atom stereocenters. The predicted octanol–water partition coefficient (Wildman–Crippen LogP) is 19.2. The molecule has 2 nitrogen and oxygen atoms in total. The van der Waals surface area contributed by atoms with Gasteiger partial charge in [0.1, 0.15) is 11.2 Å². The lowest BCUT2D eigenvalue weighted by Crippen LogP contribution is -2.28. The molecule has 2 heteroatoms. The van der Waals surface area contributed by atoms with Gasteiger partial charge in [-0.15, -0.1) is 0 Å². The Labute approximate surface area is 425 Å². The minimum Gasteiger partial charge on any atom is -0.455 e. The second-order valence-electron chi connectivity index (χ2n) is 19.2. The van der Waals surface area contributed by atoms with Gasteiger partial charge in [-0.2, -0.15) is 0 Å². The molecule has 12 aromatic carbocycles. The summed E-state index contributed by atoms with van der Waals surface area (Å²) in [5.74, 6) is 0. The summed E-state index contributed by atoms with van der Waals surface area (Å²) >= 11 is 0. The lowest BCUT2D eigenvalue weighted by Gasteiger charge is -2.34. The first kappa shape index (κ1) is 42.4. The molecule has 0 N–H and O–H groups in total. The van der Waals surface area contributed by atoms with E-state index in [9.17, 15) is 0 Å². The van der Waals surface area contributed by atoms with Crippen molar-refractivity contribution in [2.24, 2.45) is 0 Å². The molecule has 0 atom stereocenters. The van der Waals surface area contributed by atoms with Gasteiger partial charge in [-0.25, -0.2) is 0 Å². The Morgan fingerprint density at radius 3 is 1.41 bits per heavy atom. The van der Waals surface area contributed by atoms with Crippen LogP contribution in [0.25, 0.3) is 88.3 Å². The maximum Gasteiger partial charge on any atom is 0.143 e. The second kappa shape index (κ2) is 17.4. The fraction of sp³-hybridized carbons (Fsp3) is 0.0141. The molecule has 0 saturated heterocycles. The van der Waals surface area contributed by atoms with Gasteiger partial charge in [-0.05, 0) is 132 Å². The molecule has 342 valence electrons. The van der Waals surface area contributed by atoms with E-state index in [1.807, 2.05) is 12.1 Å². The lowest BCUT2D eigenvalue weighted by molar-refractivity contribution is 0.670. The Bertz CT molecular complexity index is 4110. The normalized spacial score (nSPS) is 12.5. The molecule has 13 aromatic rings. The Balaban J connectivity index is 0.853. The summed E-state index contributed by atoms with van der Waals surface area (Å²) in [6.07, 6.45) is 0. The van der Waals surface area contributed by atoms with E-state index in [2.05, 4.69) is 278 Å². The minimum atomic E-state index is -0.464. The van der Waals surface area contributed by atoms with Crippen molar-refractivity contribution >= 4 is 49.8 Å². The molecular formula is C71H47NO. The van der Waals surface area contributed by atoms with E-state index in [4.69, 9.17) is 4.42 Å². The molecule has 73 heavy (non-hydrogen) atoms. The summed E-state index contributed by atoms with van der Waals surface area (Å²) < 4.78 is 6.49. The smallest absolute Gasteiger partial charge is 0.143 e. The van der Waals surface area contributed by atoms with Crippen LogP contribution in [0.3, 0.4) is 0 Å². The van der Waals surface area contributed by atoms with Crippen molar-refractivity contribution < 1.29 is 4.42 Å². The van der Waals surface area contributed by atoms with E-state index < -0.39 is 5.41 Å². The Morgan fingerprint density at radius 1 is 0.288 bits per heavy atom. The molecule has 1 heterocycles. The van der Waals surface area contributed by atoms with Gasteiger partial charge >= 0.3 is 0 Å². The average molecular weight is 930 g/mol. The van der Waals surface area contributed by atoms with E-state index in [1.165, 1.54) is 77.5 Å². The Kier molecular flexibility index (Phi) is 10.1. The van der Waals surface area contributed by atoms with Gasteiger partial charge in [0.2, 0.25) is 0 Å². The summed E-state index contributed by atoms with van der Waals surface area (Å²) in [6.45, 7) is 0. The third-order valence-electron chi connectivity index (χ3n) is 15.2. The third-order valence-corrected chi connectivity index (χ3v) is 15.2. The number of hydrogen-bond acceptors (Lipinski definition) is 2. The summed E-state index contributed by atoms with van der Waals surface area (Å²) in [6, 6.07) is 104. The Morgan fingerprint density at radius 2 is 0.740 bits per heavy atom. The zero-order valence-corrected chi connectivity index (χ0v) is 40.0. The van der Waals surface area contributed by atoms with Crippen LogP contribution >= 0.6 is 0 Å². The van der Waals surface area contributed by atoms with Gasteiger partial charge in [0, 0.05) is 33.4 Å². The number of furan rings is 1. The van der Waals surface area contributed by atoms with Crippen LogP contribution in [0.4, 0.5) is 17.1 Å². The number of nitrogens with zero attached hydrogens (tertiary/aromatic N) is 1. The predicted molar refractivity (Wildman–Crippen MR) is 305 cm³/mol. The number of anilines is 3. The summed E-state index contributed by atoms with van der Waals surface area (Å²) in [7, 11) is 0. The zero-order valence-electron chi connectivity index (χ0n) is 40.0. The van der Waals surface area contributed by atoms with Crippen molar-refractivity contribution in [2.75, 3.05) is 4.90 Å². The van der Waals surface area contributed by atoms with E-state index in [0.29, 0.717) is 0 Å². The van der Waals surface area contributed by atoms with Crippen LogP contribution in [0.1, 0.15) is 22.3 Å². The molecule has 1 aliphatic rings.